The Morgan fingerprint density at radius 3 is 2.87 bits per heavy atom. The fourth-order valence-corrected chi connectivity index (χ4v) is 4.54. The number of aliphatic hydroxyl groups excluding tert-OH is 1. The third-order valence-corrected chi connectivity index (χ3v) is 6.62. The Bertz CT molecular complexity index is 966. The van der Waals surface area contributed by atoms with Crippen LogP contribution in [0.4, 0.5) is 21.8 Å². The SMILES string of the molecule is C[C@@H]1C2CN(c3nc(Nc4ccc(CCO)nc4)ncc3F)CC21NC(=O)C1CC1. The van der Waals surface area contributed by atoms with Crippen molar-refractivity contribution in [1.29, 1.82) is 0 Å². The van der Waals surface area contributed by atoms with Crippen molar-refractivity contribution in [1.82, 2.24) is 20.3 Å². The molecule has 1 saturated heterocycles. The van der Waals surface area contributed by atoms with Crippen LogP contribution in [-0.2, 0) is 11.2 Å². The topological polar surface area (TPSA) is 103 Å². The molecule has 8 nitrogen and oxygen atoms in total. The average molecular weight is 412 g/mol. The minimum absolute atomic E-state index is 0.0439. The molecule has 2 aromatic rings. The lowest BCUT2D eigenvalue weighted by atomic mass is 10.2. The van der Waals surface area contributed by atoms with Crippen LogP contribution in [0.1, 0.15) is 25.5 Å². The molecule has 2 unspecified atom stereocenters. The van der Waals surface area contributed by atoms with E-state index in [9.17, 15) is 9.18 Å². The summed E-state index contributed by atoms with van der Waals surface area (Å²) in [6, 6.07) is 3.63. The zero-order chi connectivity index (χ0) is 20.9. The fraction of sp³-hybridized carbons (Fsp3) is 0.524. The van der Waals surface area contributed by atoms with Crippen LogP contribution in [-0.4, -0.2) is 51.2 Å². The fourth-order valence-electron chi connectivity index (χ4n) is 4.54. The van der Waals surface area contributed by atoms with Crippen molar-refractivity contribution in [3.63, 3.8) is 0 Å². The largest absolute Gasteiger partial charge is 0.396 e. The molecule has 0 spiro atoms. The molecule has 3 atom stereocenters. The Kier molecular flexibility index (Phi) is 4.57. The van der Waals surface area contributed by atoms with Crippen LogP contribution in [0.2, 0.25) is 0 Å². The molecule has 1 aliphatic heterocycles. The summed E-state index contributed by atoms with van der Waals surface area (Å²) in [5, 5.41) is 15.3. The molecule has 0 bridgehead atoms. The minimum Gasteiger partial charge on any atom is -0.396 e. The maximum absolute atomic E-state index is 14.5. The van der Waals surface area contributed by atoms with Crippen molar-refractivity contribution in [2.45, 2.75) is 31.7 Å². The molecule has 30 heavy (non-hydrogen) atoms. The summed E-state index contributed by atoms with van der Waals surface area (Å²) in [5.41, 5.74) is 1.20. The summed E-state index contributed by atoms with van der Waals surface area (Å²) in [7, 11) is 0. The lowest BCUT2D eigenvalue weighted by Crippen LogP contribution is -2.45. The molecule has 5 rings (SSSR count). The van der Waals surface area contributed by atoms with Crippen molar-refractivity contribution in [2.24, 2.45) is 17.8 Å². The molecular formula is C21H25FN6O2. The first-order valence-corrected chi connectivity index (χ1v) is 10.4. The maximum Gasteiger partial charge on any atom is 0.229 e. The predicted octanol–water partition coefficient (Wildman–Crippen LogP) is 1.64. The van der Waals surface area contributed by atoms with Gasteiger partial charge in [-0.3, -0.25) is 9.78 Å². The van der Waals surface area contributed by atoms with E-state index in [0.29, 0.717) is 37.0 Å². The second-order valence-corrected chi connectivity index (χ2v) is 8.58. The summed E-state index contributed by atoms with van der Waals surface area (Å²) in [5.74, 6) is 1.05. The van der Waals surface area contributed by atoms with Gasteiger partial charge in [0.1, 0.15) is 0 Å². The molecule has 3 fully saturated rings. The van der Waals surface area contributed by atoms with Gasteiger partial charge in [-0.1, -0.05) is 6.92 Å². The van der Waals surface area contributed by atoms with Gasteiger partial charge in [0.05, 0.1) is 23.6 Å². The van der Waals surface area contributed by atoms with Gasteiger partial charge in [0.15, 0.2) is 11.6 Å². The molecule has 1 amide bonds. The van der Waals surface area contributed by atoms with Crippen molar-refractivity contribution in [3.05, 3.63) is 36.0 Å². The highest BCUT2D eigenvalue weighted by Crippen LogP contribution is 2.56. The van der Waals surface area contributed by atoms with Crippen molar-refractivity contribution >= 4 is 23.4 Å². The van der Waals surface area contributed by atoms with Crippen LogP contribution in [0.3, 0.4) is 0 Å². The second-order valence-electron chi connectivity index (χ2n) is 8.58. The summed E-state index contributed by atoms with van der Waals surface area (Å²) in [6.45, 7) is 3.41. The first kappa shape index (κ1) is 19.2. The quantitative estimate of drug-likeness (QED) is 0.635. The molecule has 0 radical (unpaired) electrons. The van der Waals surface area contributed by atoms with E-state index in [1.807, 2.05) is 17.0 Å². The number of halogens is 1. The Morgan fingerprint density at radius 2 is 2.17 bits per heavy atom. The molecule has 9 heteroatoms. The highest BCUT2D eigenvalue weighted by atomic mass is 19.1. The van der Waals surface area contributed by atoms with Gasteiger partial charge in [-0.05, 0) is 30.9 Å². The summed E-state index contributed by atoms with van der Waals surface area (Å²) < 4.78 is 14.5. The van der Waals surface area contributed by atoms with Crippen LogP contribution in [0.5, 0.6) is 0 Å². The molecule has 3 aliphatic rings. The lowest BCUT2D eigenvalue weighted by molar-refractivity contribution is -0.123. The number of nitrogens with one attached hydrogen (secondary N) is 2. The van der Waals surface area contributed by atoms with Gasteiger partial charge in [-0.25, -0.2) is 9.37 Å². The highest BCUT2D eigenvalue weighted by molar-refractivity contribution is 5.82. The van der Waals surface area contributed by atoms with E-state index in [2.05, 4.69) is 32.5 Å². The molecule has 2 aromatic heterocycles. The van der Waals surface area contributed by atoms with Crippen molar-refractivity contribution in [2.75, 3.05) is 29.9 Å². The third kappa shape index (κ3) is 3.36. The molecule has 3 heterocycles. The Balaban J connectivity index is 1.30. The lowest BCUT2D eigenvalue weighted by Gasteiger charge is -2.25. The van der Waals surface area contributed by atoms with Gasteiger partial charge in [0, 0.05) is 43.6 Å². The summed E-state index contributed by atoms with van der Waals surface area (Å²) in [6.07, 6.45) is 5.23. The number of nitrogens with zero attached hydrogens (tertiary/aromatic N) is 4. The molecule has 3 N–H and O–H groups in total. The number of amides is 1. The van der Waals surface area contributed by atoms with Crippen LogP contribution >= 0.6 is 0 Å². The number of hydrogen-bond acceptors (Lipinski definition) is 7. The molecule has 0 aromatic carbocycles. The zero-order valence-electron chi connectivity index (χ0n) is 16.8. The van der Waals surface area contributed by atoms with Crippen molar-refractivity contribution < 1.29 is 14.3 Å². The maximum atomic E-state index is 14.5. The van der Waals surface area contributed by atoms with Gasteiger partial charge >= 0.3 is 0 Å². The van der Waals surface area contributed by atoms with Crippen LogP contribution in [0.25, 0.3) is 0 Å². The molecule has 158 valence electrons. The number of pyridine rings is 1. The van der Waals surface area contributed by atoms with E-state index >= 15 is 0 Å². The third-order valence-electron chi connectivity index (χ3n) is 6.62. The van der Waals surface area contributed by atoms with E-state index in [-0.39, 0.29) is 35.7 Å². The number of hydrogen-bond donors (Lipinski definition) is 3. The number of rotatable bonds is 7. The predicted molar refractivity (Wildman–Crippen MR) is 109 cm³/mol. The van der Waals surface area contributed by atoms with Gasteiger partial charge in [-0.15, -0.1) is 0 Å². The zero-order valence-corrected chi connectivity index (χ0v) is 16.8. The number of carbonyl (C=O) groups is 1. The van der Waals surface area contributed by atoms with E-state index in [4.69, 9.17) is 5.11 Å². The Hall–Kier alpha value is -2.81. The van der Waals surface area contributed by atoms with E-state index in [1.54, 1.807) is 6.20 Å². The molecule has 2 saturated carbocycles. The first-order valence-electron chi connectivity index (χ1n) is 10.4. The second kappa shape index (κ2) is 7.16. The normalized spacial score (nSPS) is 27.0. The monoisotopic (exact) mass is 412 g/mol. The van der Waals surface area contributed by atoms with E-state index in [0.717, 1.165) is 18.5 Å². The number of piperidine rings is 1. The molecule has 2 aliphatic carbocycles. The van der Waals surface area contributed by atoms with Gasteiger partial charge < -0.3 is 20.6 Å². The van der Waals surface area contributed by atoms with E-state index < -0.39 is 5.82 Å². The number of fused-ring (bicyclic) bond motifs is 1. The standard InChI is InChI=1S/C21H25FN6O2/c1-12-16-10-28(11-21(12,16)27-19(30)13-2-3-13)18-17(22)9-24-20(26-18)25-15-5-4-14(6-7-29)23-8-15/h4-5,8-9,12-13,16,29H,2-3,6-7,10-11H2,1H3,(H,27,30)(H,24,25,26)/t12-,16?,21?/m1/s1. The first-order chi connectivity index (χ1) is 14.5. The molecular weight excluding hydrogens is 387 g/mol. The highest BCUT2D eigenvalue weighted by Gasteiger charge is 2.68. The number of aliphatic hydroxyl groups is 1. The summed E-state index contributed by atoms with van der Waals surface area (Å²) >= 11 is 0. The average Bonchev–Trinajstić information content (AvgIpc) is 3.63. The van der Waals surface area contributed by atoms with Crippen LogP contribution in [0, 0.1) is 23.6 Å². The van der Waals surface area contributed by atoms with Crippen molar-refractivity contribution in [3.8, 4) is 0 Å². The smallest absolute Gasteiger partial charge is 0.229 e. The number of carbonyl (C=O) groups excluding carboxylic acids is 1. The number of aromatic nitrogens is 3. The Morgan fingerprint density at radius 1 is 1.33 bits per heavy atom. The van der Waals surface area contributed by atoms with E-state index in [1.165, 1.54) is 6.20 Å². The van der Waals surface area contributed by atoms with Gasteiger partial charge in [-0.2, -0.15) is 4.98 Å². The minimum atomic E-state index is -0.477. The van der Waals surface area contributed by atoms with Crippen LogP contribution in [0.15, 0.2) is 24.5 Å². The van der Waals surface area contributed by atoms with Crippen LogP contribution < -0.4 is 15.5 Å². The number of anilines is 3. The Labute approximate surface area is 173 Å². The van der Waals surface area contributed by atoms with Gasteiger partial charge in [0.25, 0.3) is 0 Å². The van der Waals surface area contributed by atoms with Gasteiger partial charge in [0.2, 0.25) is 11.9 Å². The summed E-state index contributed by atoms with van der Waals surface area (Å²) in [4.78, 5) is 26.9.